The first-order valence-electron chi connectivity index (χ1n) is 6.91. The number of thiazole rings is 1. The molecule has 1 aliphatic heterocycles. The molecule has 2 aromatic rings. The Balaban J connectivity index is 0.00000132. The van der Waals surface area contributed by atoms with Crippen LogP contribution in [0.3, 0.4) is 0 Å². The summed E-state index contributed by atoms with van der Waals surface area (Å²) < 4.78 is 1.03. The van der Waals surface area contributed by atoms with E-state index in [1.165, 1.54) is 0 Å². The van der Waals surface area contributed by atoms with Crippen molar-refractivity contribution >= 4 is 58.0 Å². The monoisotopic (exact) mass is 437 g/mol. The third-order valence-electron chi connectivity index (χ3n) is 3.39. The summed E-state index contributed by atoms with van der Waals surface area (Å²) >= 11 is 5.03. The van der Waals surface area contributed by atoms with Crippen LogP contribution >= 0.6 is 52.1 Å². The van der Waals surface area contributed by atoms with Crippen LogP contribution < -0.4 is 10.6 Å². The number of hydrogen-bond acceptors (Lipinski definition) is 4. The molecule has 3 rings (SSSR count). The molecule has 0 radical (unpaired) electrons. The van der Waals surface area contributed by atoms with Gasteiger partial charge in [0.25, 0.3) is 0 Å². The van der Waals surface area contributed by atoms with Gasteiger partial charge in [-0.1, -0.05) is 28.1 Å². The molecular weight excluding hydrogens is 421 g/mol. The van der Waals surface area contributed by atoms with Gasteiger partial charge in [-0.3, -0.25) is 4.79 Å². The van der Waals surface area contributed by atoms with E-state index in [2.05, 4.69) is 31.5 Å². The smallest absolute Gasteiger partial charge is 0.226 e. The highest BCUT2D eigenvalue weighted by atomic mass is 79.9. The molecule has 23 heavy (non-hydrogen) atoms. The molecule has 1 amide bonds. The molecule has 1 aromatic heterocycles. The first kappa shape index (κ1) is 20.4. The first-order valence-corrected chi connectivity index (χ1v) is 8.58. The molecule has 1 saturated heterocycles. The molecule has 0 saturated carbocycles. The van der Waals surface area contributed by atoms with Gasteiger partial charge in [-0.05, 0) is 25.1 Å². The maximum Gasteiger partial charge on any atom is 0.226 e. The van der Waals surface area contributed by atoms with Crippen LogP contribution in [0.4, 0.5) is 0 Å². The fourth-order valence-electron chi connectivity index (χ4n) is 2.36. The van der Waals surface area contributed by atoms with Crippen LogP contribution in [-0.4, -0.2) is 30.0 Å². The summed E-state index contributed by atoms with van der Waals surface area (Å²) in [6.45, 7) is 1.85. The molecule has 2 heterocycles. The molecule has 1 fully saturated rings. The Labute approximate surface area is 160 Å². The summed E-state index contributed by atoms with van der Waals surface area (Å²) in [5.74, 6) is 0.0507. The maximum atomic E-state index is 12.0. The van der Waals surface area contributed by atoms with Crippen LogP contribution in [0.5, 0.6) is 0 Å². The number of carbonyl (C=O) groups is 1. The number of aromatic nitrogens is 1. The predicted octanol–water partition coefficient (Wildman–Crippen LogP) is 3.44. The molecule has 4 nitrogen and oxygen atoms in total. The third-order valence-corrected chi connectivity index (χ3v) is 4.82. The number of nitrogens with one attached hydrogen (secondary N) is 2. The number of halogens is 3. The van der Waals surface area contributed by atoms with Crippen molar-refractivity contribution in [3.8, 4) is 10.6 Å². The van der Waals surface area contributed by atoms with E-state index in [1.54, 1.807) is 11.3 Å². The summed E-state index contributed by atoms with van der Waals surface area (Å²) in [7, 11) is 0. The van der Waals surface area contributed by atoms with E-state index in [1.807, 2.05) is 29.6 Å². The SMILES string of the molecule is Cl.Cl.O=C(Cc1csc(-c2cccc(Br)c2)n1)NC1CCNC1. The number of nitrogens with zero attached hydrogens (tertiary/aromatic N) is 1. The summed E-state index contributed by atoms with van der Waals surface area (Å²) in [5, 5.41) is 9.19. The average Bonchev–Trinajstić information content (AvgIpc) is 3.10. The highest BCUT2D eigenvalue weighted by Gasteiger charge is 2.17. The second kappa shape index (κ2) is 9.59. The molecule has 2 N–H and O–H groups in total. The average molecular weight is 439 g/mol. The van der Waals surface area contributed by atoms with E-state index >= 15 is 0 Å². The van der Waals surface area contributed by atoms with Gasteiger partial charge in [0.1, 0.15) is 5.01 Å². The molecular formula is C15H18BrCl2N3OS. The van der Waals surface area contributed by atoms with Crippen molar-refractivity contribution in [2.75, 3.05) is 13.1 Å². The van der Waals surface area contributed by atoms with E-state index in [4.69, 9.17) is 0 Å². The van der Waals surface area contributed by atoms with Gasteiger partial charge in [0.15, 0.2) is 0 Å². The van der Waals surface area contributed by atoms with Crippen molar-refractivity contribution in [3.05, 3.63) is 39.8 Å². The van der Waals surface area contributed by atoms with Gasteiger partial charge >= 0.3 is 0 Å². The molecule has 1 unspecified atom stereocenters. The Morgan fingerprint density at radius 2 is 2.26 bits per heavy atom. The van der Waals surface area contributed by atoms with Gasteiger partial charge in [-0.25, -0.2) is 4.98 Å². The van der Waals surface area contributed by atoms with Crippen molar-refractivity contribution in [2.45, 2.75) is 18.9 Å². The van der Waals surface area contributed by atoms with E-state index in [0.717, 1.165) is 40.2 Å². The normalized spacial score (nSPS) is 16.3. The number of hydrogen-bond donors (Lipinski definition) is 2. The predicted molar refractivity (Wildman–Crippen MR) is 103 cm³/mol. The zero-order valence-electron chi connectivity index (χ0n) is 12.3. The van der Waals surface area contributed by atoms with Crippen LogP contribution in [0, 0.1) is 0 Å². The second-order valence-corrected chi connectivity index (χ2v) is 6.86. The Morgan fingerprint density at radius 1 is 1.43 bits per heavy atom. The van der Waals surface area contributed by atoms with Crippen molar-refractivity contribution in [1.29, 1.82) is 0 Å². The minimum absolute atomic E-state index is 0. The standard InChI is InChI=1S/C15H16BrN3OS.2ClH/c16-11-3-1-2-10(6-11)15-19-13(9-21-15)7-14(20)18-12-4-5-17-8-12;;/h1-3,6,9,12,17H,4-5,7-8H2,(H,18,20);2*1H. The third kappa shape index (κ3) is 5.72. The molecule has 0 aliphatic carbocycles. The number of amides is 1. The summed E-state index contributed by atoms with van der Waals surface area (Å²) in [6, 6.07) is 8.30. The van der Waals surface area contributed by atoms with Crippen molar-refractivity contribution < 1.29 is 4.79 Å². The van der Waals surface area contributed by atoms with Crippen molar-refractivity contribution in [3.63, 3.8) is 0 Å². The van der Waals surface area contributed by atoms with Gasteiger partial charge in [-0.15, -0.1) is 36.2 Å². The van der Waals surface area contributed by atoms with Crippen LogP contribution in [0.15, 0.2) is 34.1 Å². The fraction of sp³-hybridized carbons (Fsp3) is 0.333. The summed E-state index contributed by atoms with van der Waals surface area (Å²) in [5.41, 5.74) is 1.90. The Morgan fingerprint density at radius 3 is 2.96 bits per heavy atom. The fourth-order valence-corrected chi connectivity index (χ4v) is 3.58. The van der Waals surface area contributed by atoms with E-state index < -0.39 is 0 Å². The first-order chi connectivity index (χ1) is 10.2. The Kier molecular flexibility index (Phi) is 8.50. The lowest BCUT2D eigenvalue weighted by Gasteiger charge is -2.10. The van der Waals surface area contributed by atoms with Gasteiger partial charge in [0, 0.05) is 28.0 Å². The lowest BCUT2D eigenvalue weighted by Crippen LogP contribution is -2.37. The Hall–Kier alpha value is -0.660. The number of rotatable bonds is 4. The lowest BCUT2D eigenvalue weighted by molar-refractivity contribution is -0.121. The highest BCUT2D eigenvalue weighted by Crippen LogP contribution is 2.26. The lowest BCUT2D eigenvalue weighted by atomic mass is 10.2. The topological polar surface area (TPSA) is 54.0 Å². The Bertz CT molecular complexity index is 647. The number of carbonyl (C=O) groups excluding carboxylic acids is 1. The quantitative estimate of drug-likeness (QED) is 0.768. The minimum Gasteiger partial charge on any atom is -0.352 e. The van der Waals surface area contributed by atoms with Gasteiger partial charge in [0.2, 0.25) is 5.91 Å². The van der Waals surface area contributed by atoms with Crippen LogP contribution in [-0.2, 0) is 11.2 Å². The molecule has 1 atom stereocenters. The largest absolute Gasteiger partial charge is 0.352 e. The van der Waals surface area contributed by atoms with Crippen LogP contribution in [0.2, 0.25) is 0 Å². The maximum absolute atomic E-state index is 12.0. The highest BCUT2D eigenvalue weighted by molar-refractivity contribution is 9.10. The van der Waals surface area contributed by atoms with Crippen LogP contribution in [0.1, 0.15) is 12.1 Å². The van der Waals surface area contributed by atoms with E-state index in [9.17, 15) is 4.79 Å². The summed E-state index contributed by atoms with van der Waals surface area (Å²) in [4.78, 5) is 16.5. The van der Waals surface area contributed by atoms with E-state index in [-0.39, 0.29) is 36.8 Å². The second-order valence-electron chi connectivity index (χ2n) is 5.09. The number of benzene rings is 1. The van der Waals surface area contributed by atoms with Gasteiger partial charge in [0.05, 0.1) is 12.1 Å². The molecule has 0 spiro atoms. The van der Waals surface area contributed by atoms with Crippen molar-refractivity contribution in [1.82, 2.24) is 15.6 Å². The van der Waals surface area contributed by atoms with Crippen LogP contribution in [0.25, 0.3) is 10.6 Å². The molecule has 126 valence electrons. The molecule has 1 aromatic carbocycles. The van der Waals surface area contributed by atoms with E-state index in [0.29, 0.717) is 6.42 Å². The zero-order valence-corrected chi connectivity index (χ0v) is 16.3. The summed E-state index contributed by atoms with van der Waals surface area (Å²) in [6.07, 6.45) is 1.35. The van der Waals surface area contributed by atoms with Crippen molar-refractivity contribution in [2.24, 2.45) is 0 Å². The zero-order chi connectivity index (χ0) is 14.7. The minimum atomic E-state index is 0. The van der Waals surface area contributed by atoms with Gasteiger partial charge < -0.3 is 10.6 Å². The molecule has 8 heteroatoms. The molecule has 0 bridgehead atoms. The van der Waals surface area contributed by atoms with Gasteiger partial charge in [-0.2, -0.15) is 0 Å². The molecule has 1 aliphatic rings.